The van der Waals surface area contributed by atoms with Crippen LogP contribution in [0.15, 0.2) is 12.1 Å². The van der Waals surface area contributed by atoms with E-state index in [1.807, 2.05) is 12.1 Å². The van der Waals surface area contributed by atoms with Gasteiger partial charge in [0, 0.05) is 30.4 Å². The van der Waals surface area contributed by atoms with Crippen LogP contribution in [0.25, 0.3) is 0 Å². The number of pyridine rings is 1. The van der Waals surface area contributed by atoms with Crippen molar-refractivity contribution in [3.8, 4) is 0 Å². The van der Waals surface area contributed by atoms with Gasteiger partial charge in [-0.2, -0.15) is 0 Å². The summed E-state index contributed by atoms with van der Waals surface area (Å²) in [6.07, 6.45) is 2.89. The SMILES string of the molecule is CCCNc1cc(C(=O)NC2CCN(C)C2)cc(CC)n1. The summed E-state index contributed by atoms with van der Waals surface area (Å²) < 4.78 is 0. The molecule has 21 heavy (non-hydrogen) atoms. The maximum absolute atomic E-state index is 12.4. The molecular formula is C16H26N4O. The Labute approximate surface area is 127 Å². The zero-order valence-corrected chi connectivity index (χ0v) is 13.3. The number of aryl methyl sites for hydroxylation is 1. The summed E-state index contributed by atoms with van der Waals surface area (Å²) in [5.41, 5.74) is 1.65. The van der Waals surface area contributed by atoms with Crippen LogP contribution in [0.5, 0.6) is 0 Å². The summed E-state index contributed by atoms with van der Waals surface area (Å²) in [6, 6.07) is 4.00. The van der Waals surface area contributed by atoms with Crippen LogP contribution < -0.4 is 10.6 Å². The summed E-state index contributed by atoms with van der Waals surface area (Å²) in [5, 5.41) is 6.39. The Morgan fingerprint density at radius 3 is 2.86 bits per heavy atom. The Morgan fingerprint density at radius 1 is 1.43 bits per heavy atom. The van der Waals surface area contributed by atoms with Crippen molar-refractivity contribution in [2.24, 2.45) is 0 Å². The molecule has 116 valence electrons. The van der Waals surface area contributed by atoms with Crippen molar-refractivity contribution in [2.75, 3.05) is 32.0 Å². The third-order valence-electron chi connectivity index (χ3n) is 3.79. The Hall–Kier alpha value is -1.62. The second-order valence-corrected chi connectivity index (χ2v) is 5.73. The zero-order valence-electron chi connectivity index (χ0n) is 13.3. The first kappa shape index (κ1) is 15.8. The number of nitrogens with one attached hydrogen (secondary N) is 2. The first-order valence-corrected chi connectivity index (χ1v) is 7.86. The molecule has 1 aromatic rings. The van der Waals surface area contributed by atoms with E-state index < -0.39 is 0 Å². The van der Waals surface area contributed by atoms with Gasteiger partial charge in [-0.1, -0.05) is 13.8 Å². The molecule has 2 rings (SSSR count). The summed E-state index contributed by atoms with van der Waals surface area (Å²) >= 11 is 0. The highest BCUT2D eigenvalue weighted by atomic mass is 16.1. The van der Waals surface area contributed by atoms with E-state index in [0.29, 0.717) is 5.56 Å². The number of likely N-dealkylation sites (tertiary alicyclic amines) is 1. The fourth-order valence-corrected chi connectivity index (χ4v) is 2.57. The Balaban J connectivity index is 2.07. The maximum Gasteiger partial charge on any atom is 0.251 e. The van der Waals surface area contributed by atoms with Gasteiger partial charge in [-0.3, -0.25) is 4.79 Å². The normalized spacial score (nSPS) is 18.7. The monoisotopic (exact) mass is 290 g/mol. The number of carbonyl (C=O) groups excluding carboxylic acids is 1. The van der Waals surface area contributed by atoms with Crippen LogP contribution in [-0.2, 0) is 6.42 Å². The van der Waals surface area contributed by atoms with E-state index in [4.69, 9.17) is 0 Å². The van der Waals surface area contributed by atoms with Gasteiger partial charge in [-0.05, 0) is 45.0 Å². The molecule has 5 nitrogen and oxygen atoms in total. The predicted octanol–water partition coefficient (Wildman–Crippen LogP) is 1.90. The van der Waals surface area contributed by atoms with Gasteiger partial charge in [0.25, 0.3) is 5.91 Å². The molecule has 1 aromatic heterocycles. The molecule has 1 aliphatic rings. The predicted molar refractivity (Wildman–Crippen MR) is 85.8 cm³/mol. The van der Waals surface area contributed by atoms with E-state index in [2.05, 4.69) is 41.4 Å². The minimum Gasteiger partial charge on any atom is -0.370 e. The highest BCUT2D eigenvalue weighted by molar-refractivity contribution is 5.95. The average molecular weight is 290 g/mol. The number of hydrogen-bond donors (Lipinski definition) is 2. The van der Waals surface area contributed by atoms with Gasteiger partial charge in [0.1, 0.15) is 5.82 Å². The lowest BCUT2D eigenvalue weighted by atomic mass is 10.1. The van der Waals surface area contributed by atoms with Gasteiger partial charge in [0.2, 0.25) is 0 Å². The summed E-state index contributed by atoms with van der Waals surface area (Å²) in [5.74, 6) is 0.803. The van der Waals surface area contributed by atoms with Crippen LogP contribution in [-0.4, -0.2) is 48.5 Å². The summed E-state index contributed by atoms with van der Waals surface area (Å²) in [7, 11) is 2.08. The number of anilines is 1. The minimum atomic E-state index is 0.00643. The largest absolute Gasteiger partial charge is 0.370 e. The molecule has 0 aliphatic carbocycles. The molecule has 1 amide bonds. The molecule has 2 heterocycles. The standard InChI is InChI=1S/C16H26N4O/c1-4-7-17-15-10-12(9-13(5-2)18-15)16(21)19-14-6-8-20(3)11-14/h9-10,14H,4-8,11H2,1-3H3,(H,17,18)(H,19,21). The van der Waals surface area contributed by atoms with E-state index in [0.717, 1.165) is 50.4 Å². The molecule has 1 aliphatic heterocycles. The maximum atomic E-state index is 12.4. The molecule has 0 saturated carbocycles. The number of rotatable bonds is 6. The average Bonchev–Trinajstić information content (AvgIpc) is 2.89. The molecule has 0 bridgehead atoms. The van der Waals surface area contributed by atoms with Crippen molar-refractivity contribution >= 4 is 11.7 Å². The highest BCUT2D eigenvalue weighted by Gasteiger charge is 2.21. The van der Waals surface area contributed by atoms with Crippen LogP contribution in [0.4, 0.5) is 5.82 Å². The van der Waals surface area contributed by atoms with Gasteiger partial charge >= 0.3 is 0 Å². The van der Waals surface area contributed by atoms with Crippen molar-refractivity contribution in [3.05, 3.63) is 23.4 Å². The number of aromatic nitrogens is 1. The van der Waals surface area contributed by atoms with Gasteiger partial charge in [0.05, 0.1) is 0 Å². The molecular weight excluding hydrogens is 264 g/mol. The number of likely N-dealkylation sites (N-methyl/N-ethyl adjacent to an activating group) is 1. The Kier molecular flexibility index (Phi) is 5.56. The van der Waals surface area contributed by atoms with Gasteiger partial charge in [-0.25, -0.2) is 4.98 Å². The number of carbonyl (C=O) groups is 1. The van der Waals surface area contributed by atoms with Gasteiger partial charge < -0.3 is 15.5 Å². The lowest BCUT2D eigenvalue weighted by Gasteiger charge is -2.14. The van der Waals surface area contributed by atoms with E-state index in [9.17, 15) is 4.79 Å². The fraction of sp³-hybridized carbons (Fsp3) is 0.625. The van der Waals surface area contributed by atoms with Gasteiger partial charge in [-0.15, -0.1) is 0 Å². The molecule has 5 heteroatoms. The number of hydrogen-bond acceptors (Lipinski definition) is 4. The van der Waals surface area contributed by atoms with Crippen molar-refractivity contribution in [1.82, 2.24) is 15.2 Å². The molecule has 0 aromatic carbocycles. The molecule has 1 unspecified atom stereocenters. The van der Waals surface area contributed by atoms with Crippen molar-refractivity contribution < 1.29 is 4.79 Å². The number of nitrogens with zero attached hydrogens (tertiary/aromatic N) is 2. The smallest absolute Gasteiger partial charge is 0.251 e. The third kappa shape index (κ3) is 4.43. The van der Waals surface area contributed by atoms with Crippen molar-refractivity contribution in [2.45, 2.75) is 39.2 Å². The molecule has 1 fully saturated rings. The topological polar surface area (TPSA) is 57.3 Å². The first-order chi connectivity index (χ1) is 10.1. The lowest BCUT2D eigenvalue weighted by Crippen LogP contribution is -2.36. The highest BCUT2D eigenvalue weighted by Crippen LogP contribution is 2.13. The van der Waals surface area contributed by atoms with Crippen LogP contribution in [0, 0.1) is 0 Å². The van der Waals surface area contributed by atoms with Crippen LogP contribution in [0.1, 0.15) is 42.7 Å². The van der Waals surface area contributed by atoms with Crippen LogP contribution in [0.3, 0.4) is 0 Å². The van der Waals surface area contributed by atoms with Crippen LogP contribution >= 0.6 is 0 Å². The first-order valence-electron chi connectivity index (χ1n) is 7.86. The molecule has 1 saturated heterocycles. The second-order valence-electron chi connectivity index (χ2n) is 5.73. The van der Waals surface area contributed by atoms with E-state index in [1.165, 1.54) is 0 Å². The van der Waals surface area contributed by atoms with E-state index in [1.54, 1.807) is 0 Å². The Bertz CT molecular complexity index is 489. The Morgan fingerprint density at radius 2 is 2.24 bits per heavy atom. The quantitative estimate of drug-likeness (QED) is 0.840. The molecule has 0 spiro atoms. The molecule has 0 radical (unpaired) electrons. The second kappa shape index (κ2) is 7.41. The summed E-state index contributed by atoms with van der Waals surface area (Å²) in [6.45, 7) is 7.01. The molecule has 2 N–H and O–H groups in total. The van der Waals surface area contributed by atoms with Gasteiger partial charge in [0.15, 0.2) is 0 Å². The lowest BCUT2D eigenvalue weighted by molar-refractivity contribution is 0.0938. The summed E-state index contributed by atoms with van der Waals surface area (Å²) in [4.78, 5) is 19.2. The number of amides is 1. The van der Waals surface area contributed by atoms with Crippen molar-refractivity contribution in [1.29, 1.82) is 0 Å². The van der Waals surface area contributed by atoms with Crippen molar-refractivity contribution in [3.63, 3.8) is 0 Å². The van der Waals surface area contributed by atoms with E-state index >= 15 is 0 Å². The zero-order chi connectivity index (χ0) is 15.2. The molecule has 1 atom stereocenters. The third-order valence-corrected chi connectivity index (χ3v) is 3.79. The van der Waals surface area contributed by atoms with Crippen LogP contribution in [0.2, 0.25) is 0 Å². The fourth-order valence-electron chi connectivity index (χ4n) is 2.57. The van der Waals surface area contributed by atoms with E-state index in [-0.39, 0.29) is 11.9 Å². The minimum absolute atomic E-state index is 0.00643.